The number of hydrogen-bond acceptors (Lipinski definition) is 4. The number of benzene rings is 1. The van der Waals surface area contributed by atoms with Crippen LogP contribution in [0.25, 0.3) is 0 Å². The molecular weight excluding hydrogens is 279 g/mol. The van der Waals surface area contributed by atoms with Crippen LogP contribution in [0.1, 0.15) is 12.8 Å². The lowest BCUT2D eigenvalue weighted by Crippen LogP contribution is -2.36. The molecule has 18 heavy (non-hydrogen) atoms. The van der Waals surface area contributed by atoms with Crippen molar-refractivity contribution in [2.24, 2.45) is 0 Å². The largest absolute Gasteiger partial charge is 0.393 e. The average molecular weight is 291 g/mol. The van der Waals surface area contributed by atoms with Gasteiger partial charge in [-0.2, -0.15) is 0 Å². The van der Waals surface area contributed by atoms with Crippen LogP contribution in [0.2, 0.25) is 10.0 Å². The van der Waals surface area contributed by atoms with Crippen LogP contribution >= 0.6 is 23.2 Å². The fourth-order valence-corrected chi connectivity index (χ4v) is 2.76. The van der Waals surface area contributed by atoms with E-state index in [1.54, 1.807) is 0 Å². The van der Waals surface area contributed by atoms with Gasteiger partial charge in [-0.25, -0.2) is 0 Å². The number of halogens is 2. The highest BCUT2D eigenvalue weighted by atomic mass is 35.5. The van der Waals surface area contributed by atoms with Gasteiger partial charge in [0.1, 0.15) is 0 Å². The van der Waals surface area contributed by atoms with E-state index in [-0.39, 0.29) is 21.8 Å². The Morgan fingerprint density at radius 1 is 1.28 bits per heavy atom. The molecule has 0 atom stereocenters. The molecule has 1 aliphatic heterocycles. The zero-order chi connectivity index (χ0) is 13.3. The molecule has 0 unspecified atom stereocenters. The smallest absolute Gasteiger partial charge is 0.272 e. The fraction of sp³-hybridized carbons (Fsp3) is 0.455. The molecule has 0 saturated carbocycles. The van der Waals surface area contributed by atoms with Gasteiger partial charge < -0.3 is 10.0 Å². The molecule has 7 heteroatoms. The molecule has 1 fully saturated rings. The molecule has 1 heterocycles. The van der Waals surface area contributed by atoms with Crippen molar-refractivity contribution in [2.75, 3.05) is 18.0 Å². The lowest BCUT2D eigenvalue weighted by molar-refractivity contribution is -0.384. The molecule has 0 bridgehead atoms. The molecule has 0 amide bonds. The minimum absolute atomic E-state index is 0.120. The summed E-state index contributed by atoms with van der Waals surface area (Å²) < 4.78 is 0. The first-order valence-electron chi connectivity index (χ1n) is 5.55. The average Bonchev–Trinajstić information content (AvgIpc) is 2.30. The first-order chi connectivity index (χ1) is 8.49. The number of rotatable bonds is 2. The quantitative estimate of drug-likeness (QED) is 0.672. The summed E-state index contributed by atoms with van der Waals surface area (Å²) in [6, 6.07) is 2.60. The Bertz CT molecular complexity index is 450. The molecular formula is C11H12Cl2N2O3. The fourth-order valence-electron chi connectivity index (χ4n) is 2.05. The van der Waals surface area contributed by atoms with Gasteiger partial charge >= 0.3 is 0 Å². The summed E-state index contributed by atoms with van der Waals surface area (Å²) in [5, 5.41) is 20.7. The topological polar surface area (TPSA) is 66.6 Å². The molecule has 0 spiro atoms. The third-order valence-corrected chi connectivity index (χ3v) is 3.57. The van der Waals surface area contributed by atoms with Crippen molar-refractivity contribution in [3.63, 3.8) is 0 Å². The predicted molar refractivity (Wildman–Crippen MR) is 70.6 cm³/mol. The van der Waals surface area contributed by atoms with E-state index >= 15 is 0 Å². The Morgan fingerprint density at radius 2 is 1.78 bits per heavy atom. The first kappa shape index (κ1) is 13.4. The molecule has 1 aromatic rings. The third-order valence-electron chi connectivity index (χ3n) is 2.99. The standard InChI is InChI=1S/C11H12Cl2N2O3/c12-9-5-7(15(17)18)6-10(13)11(9)14-3-1-8(16)2-4-14/h5-6,8,16H,1-4H2. The van der Waals surface area contributed by atoms with Gasteiger partial charge in [0.2, 0.25) is 0 Å². The zero-order valence-electron chi connectivity index (χ0n) is 9.47. The summed E-state index contributed by atoms with van der Waals surface area (Å²) >= 11 is 12.1. The van der Waals surface area contributed by atoms with Gasteiger partial charge in [-0.3, -0.25) is 10.1 Å². The number of non-ortho nitro benzene ring substituents is 1. The highest BCUT2D eigenvalue weighted by Gasteiger charge is 2.23. The van der Waals surface area contributed by atoms with Gasteiger partial charge in [0.15, 0.2) is 0 Å². The lowest BCUT2D eigenvalue weighted by atomic mass is 10.1. The number of nitro groups is 1. The third kappa shape index (κ3) is 2.68. The van der Waals surface area contributed by atoms with Gasteiger partial charge in [0.25, 0.3) is 5.69 Å². The molecule has 1 aliphatic rings. The molecule has 1 aromatic carbocycles. The molecule has 0 radical (unpaired) electrons. The highest BCUT2D eigenvalue weighted by molar-refractivity contribution is 6.39. The van der Waals surface area contributed by atoms with Crippen molar-refractivity contribution in [1.82, 2.24) is 0 Å². The van der Waals surface area contributed by atoms with Gasteiger partial charge in [-0.1, -0.05) is 23.2 Å². The van der Waals surface area contributed by atoms with Crippen molar-refractivity contribution >= 4 is 34.6 Å². The lowest BCUT2D eigenvalue weighted by Gasteiger charge is -2.32. The number of piperidine rings is 1. The van der Waals surface area contributed by atoms with Gasteiger partial charge in [-0.05, 0) is 12.8 Å². The van der Waals surface area contributed by atoms with E-state index in [0.717, 1.165) is 0 Å². The van der Waals surface area contributed by atoms with E-state index in [4.69, 9.17) is 23.2 Å². The van der Waals surface area contributed by atoms with Gasteiger partial charge in [0, 0.05) is 25.2 Å². The van der Waals surface area contributed by atoms with E-state index in [9.17, 15) is 15.2 Å². The second-order valence-corrected chi connectivity index (χ2v) is 5.05. The van der Waals surface area contributed by atoms with Crippen molar-refractivity contribution in [3.8, 4) is 0 Å². The van der Waals surface area contributed by atoms with Crippen LogP contribution in [0.3, 0.4) is 0 Å². The van der Waals surface area contributed by atoms with Crippen LogP contribution in [0.4, 0.5) is 11.4 Å². The van der Waals surface area contributed by atoms with Crippen LogP contribution in [0, 0.1) is 10.1 Å². The predicted octanol–water partition coefficient (Wildman–Crippen LogP) is 2.86. The Balaban J connectivity index is 2.31. The van der Waals surface area contributed by atoms with Crippen LogP contribution in [0.5, 0.6) is 0 Å². The summed E-state index contributed by atoms with van der Waals surface area (Å²) in [5.74, 6) is 0. The number of nitro benzene ring substituents is 1. The minimum Gasteiger partial charge on any atom is -0.393 e. The van der Waals surface area contributed by atoms with E-state index in [0.29, 0.717) is 31.6 Å². The van der Waals surface area contributed by atoms with Crippen LogP contribution in [-0.4, -0.2) is 29.2 Å². The monoisotopic (exact) mass is 290 g/mol. The molecule has 0 aromatic heterocycles. The number of hydrogen-bond donors (Lipinski definition) is 1. The summed E-state index contributed by atoms with van der Waals surface area (Å²) in [6.07, 6.45) is 0.990. The van der Waals surface area contributed by atoms with Crippen molar-refractivity contribution < 1.29 is 10.0 Å². The maximum Gasteiger partial charge on any atom is 0.272 e. The molecule has 0 aliphatic carbocycles. The second-order valence-electron chi connectivity index (χ2n) is 4.23. The van der Waals surface area contributed by atoms with Crippen molar-refractivity contribution in [3.05, 3.63) is 32.3 Å². The minimum atomic E-state index is -0.526. The summed E-state index contributed by atoms with van der Waals surface area (Å²) in [7, 11) is 0. The normalized spacial score (nSPS) is 16.9. The molecule has 5 nitrogen and oxygen atoms in total. The van der Waals surface area contributed by atoms with E-state index < -0.39 is 4.92 Å². The summed E-state index contributed by atoms with van der Waals surface area (Å²) in [6.45, 7) is 1.27. The first-order valence-corrected chi connectivity index (χ1v) is 6.31. The Hall–Kier alpha value is -1.04. The van der Waals surface area contributed by atoms with E-state index in [1.165, 1.54) is 12.1 Å². The Labute approximate surface area is 114 Å². The molecule has 98 valence electrons. The SMILES string of the molecule is O=[N+]([O-])c1cc(Cl)c(N2CCC(O)CC2)c(Cl)c1. The van der Waals surface area contributed by atoms with E-state index in [2.05, 4.69) is 0 Å². The Kier molecular flexibility index (Phi) is 3.94. The van der Waals surface area contributed by atoms with Crippen LogP contribution in [0.15, 0.2) is 12.1 Å². The summed E-state index contributed by atoms with van der Waals surface area (Å²) in [4.78, 5) is 12.1. The highest BCUT2D eigenvalue weighted by Crippen LogP contribution is 2.38. The number of aliphatic hydroxyl groups excluding tert-OH is 1. The van der Waals surface area contributed by atoms with Crippen LogP contribution < -0.4 is 4.90 Å². The van der Waals surface area contributed by atoms with Crippen molar-refractivity contribution in [2.45, 2.75) is 18.9 Å². The van der Waals surface area contributed by atoms with Gasteiger partial charge in [0.05, 0.1) is 26.8 Å². The number of aliphatic hydroxyl groups is 1. The van der Waals surface area contributed by atoms with Gasteiger partial charge in [-0.15, -0.1) is 0 Å². The number of anilines is 1. The Morgan fingerprint density at radius 3 is 2.22 bits per heavy atom. The summed E-state index contributed by atoms with van der Waals surface area (Å²) in [5.41, 5.74) is 0.488. The van der Waals surface area contributed by atoms with E-state index in [1.807, 2.05) is 4.90 Å². The maximum atomic E-state index is 10.7. The van der Waals surface area contributed by atoms with Crippen molar-refractivity contribution in [1.29, 1.82) is 0 Å². The molecule has 1 N–H and O–H groups in total. The van der Waals surface area contributed by atoms with Crippen LogP contribution in [-0.2, 0) is 0 Å². The maximum absolute atomic E-state index is 10.7. The molecule has 2 rings (SSSR count). The molecule has 1 saturated heterocycles. The second kappa shape index (κ2) is 5.30. The zero-order valence-corrected chi connectivity index (χ0v) is 11.0. The number of nitrogens with zero attached hydrogens (tertiary/aromatic N) is 2.